The molecule has 3 amide bonds. The number of halogens is 5. The summed E-state index contributed by atoms with van der Waals surface area (Å²) < 4.78 is 72.8. The lowest BCUT2D eigenvalue weighted by Crippen LogP contribution is -2.43. The molecule has 2 heterocycles. The van der Waals surface area contributed by atoms with Gasteiger partial charge in [0.2, 0.25) is 5.95 Å². The van der Waals surface area contributed by atoms with Gasteiger partial charge >= 0.3 is 18.2 Å². The number of nitrogens with two attached hydrogens (primary N) is 1. The number of nitrogens with one attached hydrogen (secondary N) is 2. The number of hydrogen-bond acceptors (Lipinski definition) is 8. The van der Waals surface area contributed by atoms with Crippen LogP contribution in [0.1, 0.15) is 15.9 Å². The van der Waals surface area contributed by atoms with E-state index in [-0.39, 0.29) is 35.1 Å². The van der Waals surface area contributed by atoms with Gasteiger partial charge in [-0.1, -0.05) is 12.1 Å². The Kier molecular flexibility index (Phi) is 8.05. The minimum Gasteiger partial charge on any atom is -0.419 e. The quantitative estimate of drug-likeness (QED) is 0.210. The summed E-state index contributed by atoms with van der Waals surface area (Å²) in [5, 5.41) is 5.39. The lowest BCUT2D eigenvalue weighted by atomic mass is 10.0. The SMILES string of the molecule is CN(C)CCNc1nc(-c2ccc(C(N)=O)c(OC(=O)C(F)(F)F)c2)c2c(n1)N(c1c(F)cccc1F)C(=O)NC2. The number of benzene rings is 2. The van der Waals surface area contributed by atoms with Gasteiger partial charge in [0.15, 0.2) is 5.82 Å². The molecule has 11 nitrogen and oxygen atoms in total. The third-order valence-corrected chi connectivity index (χ3v) is 5.77. The molecule has 1 aliphatic rings. The predicted octanol–water partition coefficient (Wildman–Crippen LogP) is 3.32. The second-order valence-electron chi connectivity index (χ2n) is 8.95. The highest BCUT2D eigenvalue weighted by Gasteiger charge is 2.42. The normalized spacial score (nSPS) is 13.1. The number of anilines is 3. The zero-order chi connectivity index (χ0) is 30.1. The van der Waals surface area contributed by atoms with Crippen LogP contribution in [0.15, 0.2) is 36.4 Å². The monoisotopic (exact) mass is 579 g/mol. The zero-order valence-corrected chi connectivity index (χ0v) is 21.5. The van der Waals surface area contributed by atoms with E-state index in [1.54, 1.807) is 14.1 Å². The summed E-state index contributed by atoms with van der Waals surface area (Å²) in [5.74, 6) is -7.02. The molecular formula is C25H22F5N7O4. The fraction of sp³-hybridized carbons (Fsp3) is 0.240. The topological polar surface area (TPSA) is 143 Å². The Balaban J connectivity index is 1.92. The molecule has 0 saturated carbocycles. The van der Waals surface area contributed by atoms with E-state index in [9.17, 15) is 36.3 Å². The molecule has 0 radical (unpaired) electrons. The number of hydrogen-bond donors (Lipinski definition) is 3. The van der Waals surface area contributed by atoms with Crippen LogP contribution in [-0.4, -0.2) is 66.1 Å². The summed E-state index contributed by atoms with van der Waals surface area (Å²) in [5.41, 5.74) is 4.12. The molecule has 3 aromatic rings. The van der Waals surface area contributed by atoms with Crippen LogP contribution in [-0.2, 0) is 11.3 Å². The van der Waals surface area contributed by atoms with Gasteiger partial charge in [0, 0.05) is 24.2 Å². The van der Waals surface area contributed by atoms with E-state index in [0.29, 0.717) is 18.0 Å². The van der Waals surface area contributed by atoms with Crippen LogP contribution >= 0.6 is 0 Å². The number of carbonyl (C=O) groups excluding carboxylic acids is 3. The third-order valence-electron chi connectivity index (χ3n) is 5.77. The number of esters is 1. The van der Waals surface area contributed by atoms with E-state index in [1.165, 1.54) is 6.07 Å². The second-order valence-corrected chi connectivity index (χ2v) is 8.95. The molecule has 4 N–H and O–H groups in total. The van der Waals surface area contributed by atoms with Gasteiger partial charge in [-0.15, -0.1) is 0 Å². The van der Waals surface area contributed by atoms with Crippen molar-refractivity contribution in [2.75, 3.05) is 37.4 Å². The van der Waals surface area contributed by atoms with E-state index in [0.717, 1.165) is 30.3 Å². The van der Waals surface area contributed by atoms with E-state index in [2.05, 4.69) is 25.3 Å². The highest BCUT2D eigenvalue weighted by atomic mass is 19.4. The van der Waals surface area contributed by atoms with Crippen molar-refractivity contribution in [1.29, 1.82) is 0 Å². The van der Waals surface area contributed by atoms with E-state index >= 15 is 0 Å². The molecule has 1 aliphatic heterocycles. The largest absolute Gasteiger partial charge is 0.491 e. The molecule has 41 heavy (non-hydrogen) atoms. The molecule has 0 bridgehead atoms. The van der Waals surface area contributed by atoms with Crippen molar-refractivity contribution in [2.24, 2.45) is 5.73 Å². The molecule has 0 unspecified atom stereocenters. The average Bonchev–Trinajstić information content (AvgIpc) is 2.88. The van der Waals surface area contributed by atoms with Gasteiger partial charge in [-0.2, -0.15) is 18.2 Å². The van der Waals surface area contributed by atoms with Crippen molar-refractivity contribution in [3.05, 3.63) is 59.2 Å². The summed E-state index contributed by atoms with van der Waals surface area (Å²) >= 11 is 0. The molecule has 0 spiro atoms. The number of urea groups is 1. The van der Waals surface area contributed by atoms with Gasteiger partial charge in [-0.25, -0.2) is 28.3 Å². The van der Waals surface area contributed by atoms with Crippen LogP contribution in [0.5, 0.6) is 5.75 Å². The fourth-order valence-electron chi connectivity index (χ4n) is 3.89. The van der Waals surface area contributed by atoms with Gasteiger partial charge in [0.05, 0.1) is 17.8 Å². The Morgan fingerprint density at radius 1 is 1.15 bits per heavy atom. The van der Waals surface area contributed by atoms with E-state index < -0.39 is 52.7 Å². The Morgan fingerprint density at radius 3 is 2.44 bits per heavy atom. The molecule has 4 rings (SSSR count). The van der Waals surface area contributed by atoms with E-state index in [1.807, 2.05) is 4.90 Å². The number of alkyl halides is 3. The van der Waals surface area contributed by atoms with Crippen molar-refractivity contribution >= 4 is 35.4 Å². The lowest BCUT2D eigenvalue weighted by molar-refractivity contribution is -0.189. The Morgan fingerprint density at radius 2 is 1.83 bits per heavy atom. The van der Waals surface area contributed by atoms with Crippen molar-refractivity contribution in [2.45, 2.75) is 12.7 Å². The summed E-state index contributed by atoms with van der Waals surface area (Å²) in [7, 11) is 3.61. The Labute approximate surface area is 229 Å². The van der Waals surface area contributed by atoms with Crippen LogP contribution < -0.4 is 26.0 Å². The molecule has 16 heteroatoms. The molecule has 1 aromatic heterocycles. The maximum Gasteiger partial charge on any atom is 0.491 e. The number of primary amides is 1. The van der Waals surface area contributed by atoms with Crippen LogP contribution in [0.2, 0.25) is 0 Å². The summed E-state index contributed by atoms with van der Waals surface area (Å²) in [6.07, 6.45) is -5.38. The van der Waals surface area contributed by atoms with Crippen LogP contribution in [0, 0.1) is 11.6 Å². The van der Waals surface area contributed by atoms with Gasteiger partial charge < -0.3 is 26.0 Å². The minimum absolute atomic E-state index is 0.00979. The molecule has 0 saturated heterocycles. The van der Waals surface area contributed by atoms with Gasteiger partial charge in [0.1, 0.15) is 23.1 Å². The van der Waals surface area contributed by atoms with Gasteiger partial charge in [-0.3, -0.25) is 4.79 Å². The third kappa shape index (κ3) is 6.16. The minimum atomic E-state index is -5.38. The van der Waals surface area contributed by atoms with Crippen LogP contribution in [0.4, 0.5) is 44.2 Å². The van der Waals surface area contributed by atoms with Crippen molar-refractivity contribution < 1.29 is 41.1 Å². The van der Waals surface area contributed by atoms with Crippen LogP contribution in [0.3, 0.4) is 0 Å². The number of likely N-dealkylation sites (N-methyl/N-ethyl adjacent to an activating group) is 1. The number of nitrogens with zero attached hydrogens (tertiary/aromatic N) is 4. The smallest absolute Gasteiger partial charge is 0.419 e. The first kappa shape index (κ1) is 29.1. The number of rotatable bonds is 8. The number of fused-ring (bicyclic) bond motifs is 1. The fourth-order valence-corrected chi connectivity index (χ4v) is 3.89. The van der Waals surface area contributed by atoms with Gasteiger partial charge in [0.25, 0.3) is 5.91 Å². The standard InChI is InChI=1S/C25H22F5N7O4/c1-36(2)9-8-32-23-34-18(12-6-7-13(20(31)38)17(10-12)41-22(39)25(28,29)30)14-11-33-24(40)37(21(14)35-23)19-15(26)4-3-5-16(19)27/h3-7,10H,8-9,11H2,1-2H3,(H2,31,38)(H,33,40)(H,32,34,35). The average molecular weight is 579 g/mol. The highest BCUT2D eigenvalue weighted by Crippen LogP contribution is 2.39. The summed E-state index contributed by atoms with van der Waals surface area (Å²) in [4.78, 5) is 47.5. The maximum atomic E-state index is 14.8. The molecule has 0 fully saturated rings. The molecule has 0 aliphatic carbocycles. The van der Waals surface area contributed by atoms with Crippen molar-refractivity contribution in [3.63, 3.8) is 0 Å². The van der Waals surface area contributed by atoms with Crippen LogP contribution in [0.25, 0.3) is 11.3 Å². The number of ether oxygens (including phenoxy) is 1. The Hall–Kier alpha value is -4.86. The van der Waals surface area contributed by atoms with Crippen molar-refractivity contribution in [3.8, 4) is 17.0 Å². The molecule has 216 valence electrons. The number of para-hydroxylation sites is 1. The predicted molar refractivity (Wildman–Crippen MR) is 135 cm³/mol. The first-order valence-corrected chi connectivity index (χ1v) is 11.8. The second kappa shape index (κ2) is 11.3. The number of aromatic nitrogens is 2. The zero-order valence-electron chi connectivity index (χ0n) is 21.5. The maximum absolute atomic E-state index is 14.8. The molecule has 0 atom stereocenters. The highest BCUT2D eigenvalue weighted by molar-refractivity contribution is 6.02. The Bertz CT molecular complexity index is 1510. The van der Waals surface area contributed by atoms with Crippen molar-refractivity contribution in [1.82, 2.24) is 20.2 Å². The molecular weight excluding hydrogens is 557 g/mol. The summed E-state index contributed by atoms with van der Waals surface area (Å²) in [6, 6.07) is 5.32. The summed E-state index contributed by atoms with van der Waals surface area (Å²) in [6.45, 7) is 0.552. The number of carbonyl (C=O) groups is 3. The first-order valence-electron chi connectivity index (χ1n) is 11.8. The molecule has 2 aromatic carbocycles. The van der Waals surface area contributed by atoms with E-state index in [4.69, 9.17) is 5.73 Å². The first-order chi connectivity index (χ1) is 19.3. The lowest BCUT2D eigenvalue weighted by Gasteiger charge is -2.31. The number of amides is 3. The van der Waals surface area contributed by atoms with Gasteiger partial charge in [-0.05, 0) is 38.4 Å².